The molecule has 76 valence electrons. The number of halogens is 2. The molecule has 1 aromatic rings. The molecule has 0 aromatic heterocycles. The van der Waals surface area contributed by atoms with Crippen molar-refractivity contribution in [2.75, 3.05) is 0 Å². The van der Waals surface area contributed by atoms with Crippen LogP contribution >= 0.6 is 0 Å². The van der Waals surface area contributed by atoms with Gasteiger partial charge in [-0.3, -0.25) is 0 Å². The van der Waals surface area contributed by atoms with Crippen LogP contribution in [-0.2, 0) is 0 Å². The minimum atomic E-state index is -1.25. The first-order valence-corrected chi connectivity index (χ1v) is 4.10. The molecule has 0 bridgehead atoms. The topological polar surface area (TPSA) is 46.2 Å². The van der Waals surface area contributed by atoms with Crippen molar-refractivity contribution in [3.05, 3.63) is 42.0 Å². The standard InChI is InChI=1S/C10H11F2NO/c1-2-3-8(13)6-4-7(11)10(12)9(14)5-6/h2,4-5,8,14H,1,3,13H2/t8-/m0/s1. The summed E-state index contributed by atoms with van der Waals surface area (Å²) in [6.45, 7) is 3.48. The quantitative estimate of drug-likeness (QED) is 0.733. The second-order valence-electron chi connectivity index (χ2n) is 2.97. The number of phenols is 1. The highest BCUT2D eigenvalue weighted by Gasteiger charge is 2.13. The number of nitrogens with two attached hydrogens (primary N) is 1. The van der Waals surface area contributed by atoms with Gasteiger partial charge in [0, 0.05) is 6.04 Å². The number of hydrogen-bond donors (Lipinski definition) is 2. The summed E-state index contributed by atoms with van der Waals surface area (Å²) in [5.74, 6) is -3.07. The van der Waals surface area contributed by atoms with Crippen molar-refractivity contribution < 1.29 is 13.9 Å². The van der Waals surface area contributed by atoms with E-state index in [1.54, 1.807) is 6.08 Å². The number of rotatable bonds is 3. The molecule has 1 aromatic carbocycles. The molecule has 0 amide bonds. The SMILES string of the molecule is C=CC[C@H](N)c1cc(O)c(F)c(F)c1. The highest BCUT2D eigenvalue weighted by molar-refractivity contribution is 5.32. The lowest BCUT2D eigenvalue weighted by Crippen LogP contribution is -2.09. The maximum absolute atomic E-state index is 12.8. The summed E-state index contributed by atoms with van der Waals surface area (Å²) in [5.41, 5.74) is 5.97. The molecular formula is C10H11F2NO. The normalized spacial score (nSPS) is 12.5. The van der Waals surface area contributed by atoms with Crippen molar-refractivity contribution in [2.45, 2.75) is 12.5 Å². The number of aromatic hydroxyl groups is 1. The lowest BCUT2D eigenvalue weighted by Gasteiger charge is -2.10. The van der Waals surface area contributed by atoms with E-state index in [1.807, 2.05) is 0 Å². The Bertz CT molecular complexity index is 329. The Kier molecular flexibility index (Phi) is 3.19. The zero-order valence-electron chi connectivity index (χ0n) is 7.50. The third-order valence-corrected chi connectivity index (χ3v) is 1.88. The molecule has 0 saturated carbocycles. The maximum atomic E-state index is 12.8. The van der Waals surface area contributed by atoms with Gasteiger partial charge in [-0.05, 0) is 24.1 Å². The molecule has 14 heavy (non-hydrogen) atoms. The van der Waals surface area contributed by atoms with Crippen molar-refractivity contribution in [1.29, 1.82) is 0 Å². The third-order valence-electron chi connectivity index (χ3n) is 1.88. The molecule has 4 heteroatoms. The van der Waals surface area contributed by atoms with Crippen molar-refractivity contribution >= 4 is 0 Å². The van der Waals surface area contributed by atoms with Crippen molar-refractivity contribution in [3.8, 4) is 5.75 Å². The summed E-state index contributed by atoms with van der Waals surface area (Å²) in [7, 11) is 0. The van der Waals surface area contributed by atoms with Gasteiger partial charge in [0.15, 0.2) is 17.4 Å². The molecule has 0 spiro atoms. The largest absolute Gasteiger partial charge is 0.505 e. The van der Waals surface area contributed by atoms with Crippen LogP contribution in [0.25, 0.3) is 0 Å². The van der Waals surface area contributed by atoms with Crippen LogP contribution in [-0.4, -0.2) is 5.11 Å². The van der Waals surface area contributed by atoms with Gasteiger partial charge in [0.1, 0.15) is 0 Å². The molecule has 0 aliphatic carbocycles. The number of benzene rings is 1. The highest BCUT2D eigenvalue weighted by atomic mass is 19.2. The Morgan fingerprint density at radius 2 is 2.14 bits per heavy atom. The molecule has 0 heterocycles. The molecule has 1 rings (SSSR count). The van der Waals surface area contributed by atoms with E-state index in [0.29, 0.717) is 12.0 Å². The minimum Gasteiger partial charge on any atom is -0.505 e. The first-order chi connectivity index (χ1) is 6.56. The monoisotopic (exact) mass is 199 g/mol. The summed E-state index contributed by atoms with van der Waals surface area (Å²) < 4.78 is 25.5. The molecule has 3 N–H and O–H groups in total. The number of phenolic OH excluding ortho intramolecular Hbond substituents is 1. The smallest absolute Gasteiger partial charge is 0.200 e. The van der Waals surface area contributed by atoms with Crippen molar-refractivity contribution in [1.82, 2.24) is 0 Å². The van der Waals surface area contributed by atoms with Crippen molar-refractivity contribution in [2.24, 2.45) is 5.73 Å². The van der Waals surface area contributed by atoms with Gasteiger partial charge in [0.25, 0.3) is 0 Å². The zero-order chi connectivity index (χ0) is 10.7. The first kappa shape index (κ1) is 10.7. The summed E-state index contributed by atoms with van der Waals surface area (Å²) in [4.78, 5) is 0. The lowest BCUT2D eigenvalue weighted by atomic mass is 10.0. The zero-order valence-corrected chi connectivity index (χ0v) is 7.50. The van der Waals surface area contributed by atoms with Crippen LogP contribution in [0.1, 0.15) is 18.0 Å². The molecule has 0 fully saturated rings. The van der Waals surface area contributed by atoms with Gasteiger partial charge in [-0.1, -0.05) is 6.08 Å². The number of hydrogen-bond acceptors (Lipinski definition) is 2. The Balaban J connectivity index is 3.05. The predicted molar refractivity (Wildman–Crippen MR) is 49.8 cm³/mol. The van der Waals surface area contributed by atoms with Gasteiger partial charge in [-0.2, -0.15) is 4.39 Å². The summed E-state index contributed by atoms with van der Waals surface area (Å²) in [6, 6.07) is 1.61. The molecule has 0 unspecified atom stereocenters. The van der Waals surface area contributed by atoms with Crippen LogP contribution in [0.15, 0.2) is 24.8 Å². The second kappa shape index (κ2) is 4.19. The molecule has 2 nitrogen and oxygen atoms in total. The third kappa shape index (κ3) is 2.09. The average Bonchev–Trinajstić information content (AvgIpc) is 2.13. The molecule has 0 radical (unpaired) electrons. The Hall–Kier alpha value is -1.42. The predicted octanol–water partition coefficient (Wildman–Crippen LogP) is 2.25. The maximum Gasteiger partial charge on any atom is 0.200 e. The van der Waals surface area contributed by atoms with Gasteiger partial charge in [-0.25, -0.2) is 4.39 Å². The summed E-state index contributed by atoms with van der Waals surface area (Å²) in [5, 5.41) is 9.00. The van der Waals surface area contributed by atoms with E-state index in [-0.39, 0.29) is 0 Å². The van der Waals surface area contributed by atoms with Crippen LogP contribution in [0.4, 0.5) is 8.78 Å². The minimum absolute atomic E-state index is 0.348. The van der Waals surface area contributed by atoms with E-state index >= 15 is 0 Å². The molecule has 0 aliphatic heterocycles. The van der Waals surface area contributed by atoms with E-state index in [4.69, 9.17) is 10.8 Å². The van der Waals surface area contributed by atoms with E-state index in [9.17, 15) is 8.78 Å². The van der Waals surface area contributed by atoms with Crippen LogP contribution < -0.4 is 5.73 Å². The van der Waals surface area contributed by atoms with E-state index in [2.05, 4.69) is 6.58 Å². The van der Waals surface area contributed by atoms with E-state index in [1.165, 1.54) is 0 Å². The van der Waals surface area contributed by atoms with Gasteiger partial charge in [-0.15, -0.1) is 6.58 Å². The van der Waals surface area contributed by atoms with E-state index in [0.717, 1.165) is 12.1 Å². The van der Waals surface area contributed by atoms with Crippen LogP contribution in [0.5, 0.6) is 5.75 Å². The van der Waals surface area contributed by atoms with Gasteiger partial charge in [0.2, 0.25) is 0 Å². The Morgan fingerprint density at radius 1 is 1.50 bits per heavy atom. The molecule has 0 saturated heterocycles. The van der Waals surface area contributed by atoms with Gasteiger partial charge >= 0.3 is 0 Å². The lowest BCUT2D eigenvalue weighted by molar-refractivity contribution is 0.405. The first-order valence-electron chi connectivity index (χ1n) is 4.10. The van der Waals surface area contributed by atoms with Crippen LogP contribution in [0, 0.1) is 11.6 Å². The van der Waals surface area contributed by atoms with E-state index < -0.39 is 23.4 Å². The molecule has 1 atom stereocenters. The fourth-order valence-electron chi connectivity index (χ4n) is 1.12. The Labute approximate surface area is 80.7 Å². The second-order valence-corrected chi connectivity index (χ2v) is 2.97. The molecule has 0 aliphatic rings. The average molecular weight is 199 g/mol. The summed E-state index contributed by atoms with van der Waals surface area (Å²) in [6.07, 6.45) is 2.01. The fourth-order valence-corrected chi connectivity index (χ4v) is 1.12. The van der Waals surface area contributed by atoms with Gasteiger partial charge in [0.05, 0.1) is 0 Å². The van der Waals surface area contributed by atoms with Crippen LogP contribution in [0.2, 0.25) is 0 Å². The summed E-state index contributed by atoms with van der Waals surface area (Å²) >= 11 is 0. The highest BCUT2D eigenvalue weighted by Crippen LogP contribution is 2.24. The van der Waals surface area contributed by atoms with Gasteiger partial charge < -0.3 is 10.8 Å². The fraction of sp³-hybridized carbons (Fsp3) is 0.200. The van der Waals surface area contributed by atoms with Crippen LogP contribution in [0.3, 0.4) is 0 Å². The Morgan fingerprint density at radius 3 is 2.64 bits per heavy atom. The van der Waals surface area contributed by atoms with Crippen molar-refractivity contribution in [3.63, 3.8) is 0 Å². The molecular weight excluding hydrogens is 188 g/mol.